The molecule has 1 rings (SSSR count). The normalized spacial score (nSPS) is 12.5. The first kappa shape index (κ1) is 12.8. The summed E-state index contributed by atoms with van der Waals surface area (Å²) in [5, 5.41) is 9.66. The van der Waals surface area contributed by atoms with Crippen LogP contribution in [-0.2, 0) is 4.74 Å². The van der Waals surface area contributed by atoms with Gasteiger partial charge in [-0.1, -0.05) is 12.1 Å². The maximum Gasteiger partial charge on any atom is 0.0947 e. The van der Waals surface area contributed by atoms with E-state index in [1.807, 2.05) is 37.1 Å². The number of rotatable bonds is 5. The fourth-order valence-electron chi connectivity index (χ4n) is 1.86. The van der Waals surface area contributed by atoms with Gasteiger partial charge < -0.3 is 20.5 Å². The van der Waals surface area contributed by atoms with Gasteiger partial charge in [-0.3, -0.25) is 0 Å². The predicted octanol–water partition coefficient (Wildman–Crippen LogP) is 1.02. The Kier molecular flexibility index (Phi) is 4.58. The molecule has 0 aliphatic heterocycles. The van der Waals surface area contributed by atoms with E-state index >= 15 is 0 Å². The third kappa shape index (κ3) is 3.12. The molecule has 0 saturated carbocycles. The van der Waals surface area contributed by atoms with Crippen molar-refractivity contribution in [3.63, 3.8) is 0 Å². The fourth-order valence-corrected chi connectivity index (χ4v) is 1.86. The number of likely N-dealkylation sites (N-methyl/N-ethyl adjacent to an activating group) is 1. The van der Waals surface area contributed by atoms with Gasteiger partial charge in [-0.25, -0.2) is 0 Å². The van der Waals surface area contributed by atoms with Gasteiger partial charge in [0.2, 0.25) is 0 Å². The van der Waals surface area contributed by atoms with Gasteiger partial charge in [0.25, 0.3) is 0 Å². The third-order valence-electron chi connectivity index (χ3n) is 2.49. The van der Waals surface area contributed by atoms with E-state index < -0.39 is 6.10 Å². The van der Waals surface area contributed by atoms with Crippen molar-refractivity contribution in [1.29, 1.82) is 0 Å². The molecule has 90 valence electrons. The molecular weight excluding hydrogens is 204 g/mol. The van der Waals surface area contributed by atoms with Crippen LogP contribution in [0.25, 0.3) is 0 Å². The zero-order chi connectivity index (χ0) is 12.1. The zero-order valence-corrected chi connectivity index (χ0v) is 10.1. The van der Waals surface area contributed by atoms with Gasteiger partial charge in [-0.2, -0.15) is 0 Å². The molecule has 1 unspecified atom stereocenters. The number of aliphatic hydroxyl groups is 1. The monoisotopic (exact) mass is 224 g/mol. The Morgan fingerprint density at radius 3 is 2.75 bits per heavy atom. The molecule has 0 aliphatic carbocycles. The summed E-state index contributed by atoms with van der Waals surface area (Å²) in [5.41, 5.74) is 8.72. The minimum Gasteiger partial charge on any atom is -0.397 e. The van der Waals surface area contributed by atoms with Crippen LogP contribution in [0.1, 0.15) is 5.56 Å². The summed E-state index contributed by atoms with van der Waals surface area (Å²) in [7, 11) is 3.49. The molecule has 3 N–H and O–H groups in total. The number of benzene rings is 1. The molecule has 0 radical (unpaired) electrons. The molecule has 0 aromatic heterocycles. The molecule has 0 fully saturated rings. The molecule has 0 amide bonds. The van der Waals surface area contributed by atoms with Crippen LogP contribution in [0.3, 0.4) is 0 Å². The van der Waals surface area contributed by atoms with Crippen molar-refractivity contribution in [2.24, 2.45) is 0 Å². The molecule has 4 nitrogen and oxygen atoms in total. The lowest BCUT2D eigenvalue weighted by Crippen LogP contribution is -2.32. The minimum absolute atomic E-state index is 0.329. The number of hydrogen-bond acceptors (Lipinski definition) is 4. The zero-order valence-electron chi connectivity index (χ0n) is 10.1. The van der Waals surface area contributed by atoms with Crippen LogP contribution >= 0.6 is 0 Å². The number of nitrogen functional groups attached to an aromatic ring is 1. The van der Waals surface area contributed by atoms with Gasteiger partial charge in [0.1, 0.15) is 0 Å². The van der Waals surface area contributed by atoms with Crippen LogP contribution in [0.15, 0.2) is 18.2 Å². The van der Waals surface area contributed by atoms with Crippen LogP contribution in [0.2, 0.25) is 0 Å². The first-order valence-electron chi connectivity index (χ1n) is 5.29. The maximum atomic E-state index is 9.66. The highest BCUT2D eigenvalue weighted by atomic mass is 16.5. The number of para-hydroxylation sites is 1. The number of hydrogen-bond donors (Lipinski definition) is 2. The maximum absolute atomic E-state index is 9.66. The van der Waals surface area contributed by atoms with E-state index in [4.69, 9.17) is 10.5 Å². The summed E-state index contributed by atoms with van der Waals surface area (Å²) in [4.78, 5) is 1.95. The first-order chi connectivity index (χ1) is 7.56. The SMILES string of the molecule is COCC(O)CN(C)c1c(C)cccc1N. The van der Waals surface area contributed by atoms with Crippen LogP contribution in [0.4, 0.5) is 11.4 Å². The topological polar surface area (TPSA) is 58.7 Å². The number of nitrogens with zero attached hydrogens (tertiary/aromatic N) is 1. The highest BCUT2D eigenvalue weighted by molar-refractivity contribution is 5.71. The Morgan fingerprint density at radius 2 is 2.19 bits per heavy atom. The molecule has 0 aliphatic rings. The van der Waals surface area contributed by atoms with Crippen molar-refractivity contribution in [3.8, 4) is 0 Å². The summed E-state index contributed by atoms with van der Waals surface area (Å²) in [6.07, 6.45) is -0.506. The molecule has 1 aromatic rings. The second kappa shape index (κ2) is 5.72. The Bertz CT molecular complexity index is 322. The largest absolute Gasteiger partial charge is 0.397 e. The van der Waals surface area contributed by atoms with Gasteiger partial charge in [-0.05, 0) is 18.6 Å². The summed E-state index contributed by atoms with van der Waals surface area (Å²) in [6.45, 7) is 2.84. The third-order valence-corrected chi connectivity index (χ3v) is 2.49. The number of nitrogens with two attached hydrogens (primary N) is 1. The molecule has 0 spiro atoms. The van der Waals surface area contributed by atoms with E-state index in [1.165, 1.54) is 0 Å². The van der Waals surface area contributed by atoms with E-state index in [0.717, 1.165) is 16.9 Å². The summed E-state index contributed by atoms with van der Waals surface area (Å²) >= 11 is 0. The molecule has 0 saturated heterocycles. The van der Waals surface area contributed by atoms with E-state index in [2.05, 4.69) is 0 Å². The fraction of sp³-hybridized carbons (Fsp3) is 0.500. The van der Waals surface area contributed by atoms with Gasteiger partial charge in [0.05, 0.1) is 24.1 Å². The molecule has 16 heavy (non-hydrogen) atoms. The predicted molar refractivity (Wildman–Crippen MR) is 66.7 cm³/mol. The van der Waals surface area contributed by atoms with Gasteiger partial charge in [0, 0.05) is 20.7 Å². The number of aliphatic hydroxyl groups excluding tert-OH is 1. The number of aryl methyl sites for hydroxylation is 1. The number of methoxy groups -OCH3 is 1. The van der Waals surface area contributed by atoms with E-state index in [9.17, 15) is 5.11 Å². The first-order valence-corrected chi connectivity index (χ1v) is 5.29. The van der Waals surface area contributed by atoms with Crippen LogP contribution in [0.5, 0.6) is 0 Å². The van der Waals surface area contributed by atoms with E-state index in [0.29, 0.717) is 13.2 Å². The molecule has 0 heterocycles. The lowest BCUT2D eigenvalue weighted by atomic mass is 10.1. The molecule has 1 aromatic carbocycles. The Morgan fingerprint density at radius 1 is 1.50 bits per heavy atom. The van der Waals surface area contributed by atoms with Crippen molar-refractivity contribution < 1.29 is 9.84 Å². The Hall–Kier alpha value is -1.26. The Labute approximate surface area is 96.6 Å². The van der Waals surface area contributed by atoms with Crippen LogP contribution in [-0.4, -0.2) is 38.5 Å². The van der Waals surface area contributed by atoms with Gasteiger partial charge in [-0.15, -0.1) is 0 Å². The van der Waals surface area contributed by atoms with Crippen molar-refractivity contribution in [2.45, 2.75) is 13.0 Å². The van der Waals surface area contributed by atoms with Crippen LogP contribution < -0.4 is 10.6 Å². The smallest absolute Gasteiger partial charge is 0.0947 e. The summed E-state index contributed by atoms with van der Waals surface area (Å²) < 4.78 is 4.89. The average molecular weight is 224 g/mol. The number of anilines is 2. The second-order valence-electron chi connectivity index (χ2n) is 4.00. The van der Waals surface area contributed by atoms with Gasteiger partial charge in [0.15, 0.2) is 0 Å². The van der Waals surface area contributed by atoms with Crippen molar-refractivity contribution in [2.75, 3.05) is 37.9 Å². The quantitative estimate of drug-likeness (QED) is 0.733. The minimum atomic E-state index is -0.506. The molecule has 0 bridgehead atoms. The lowest BCUT2D eigenvalue weighted by Gasteiger charge is -2.25. The molecule has 4 heteroatoms. The average Bonchev–Trinajstić information content (AvgIpc) is 2.17. The van der Waals surface area contributed by atoms with Crippen molar-refractivity contribution >= 4 is 11.4 Å². The summed E-state index contributed by atoms with van der Waals surface area (Å²) in [5.74, 6) is 0. The van der Waals surface area contributed by atoms with Crippen LogP contribution in [0, 0.1) is 6.92 Å². The van der Waals surface area contributed by atoms with E-state index in [-0.39, 0.29) is 0 Å². The van der Waals surface area contributed by atoms with Crippen molar-refractivity contribution in [3.05, 3.63) is 23.8 Å². The summed E-state index contributed by atoms with van der Waals surface area (Å²) in [6, 6.07) is 5.79. The molecule has 1 atom stereocenters. The standard InChI is InChI=1S/C12H20N2O2/c1-9-5-4-6-11(13)12(9)14(2)7-10(15)8-16-3/h4-6,10,15H,7-8,13H2,1-3H3. The Balaban J connectivity index is 2.76. The highest BCUT2D eigenvalue weighted by Crippen LogP contribution is 2.26. The van der Waals surface area contributed by atoms with Crippen molar-refractivity contribution in [1.82, 2.24) is 0 Å². The van der Waals surface area contributed by atoms with Gasteiger partial charge >= 0.3 is 0 Å². The second-order valence-corrected chi connectivity index (χ2v) is 4.00. The number of ether oxygens (including phenoxy) is 1. The van der Waals surface area contributed by atoms with E-state index in [1.54, 1.807) is 7.11 Å². The highest BCUT2D eigenvalue weighted by Gasteiger charge is 2.12. The molecular formula is C12H20N2O2. The lowest BCUT2D eigenvalue weighted by molar-refractivity contribution is 0.0695.